The summed E-state index contributed by atoms with van der Waals surface area (Å²) >= 11 is 5.85. The molecule has 0 amide bonds. The molecule has 0 unspecified atom stereocenters. The third-order valence-electron chi connectivity index (χ3n) is 5.33. The Balaban J connectivity index is 1.49. The Morgan fingerprint density at radius 3 is 2.62 bits per heavy atom. The van der Waals surface area contributed by atoms with E-state index < -0.39 is 5.82 Å². The summed E-state index contributed by atoms with van der Waals surface area (Å²) < 4.78 is 13.4. The topological polar surface area (TPSA) is 78.9 Å². The Morgan fingerprint density at radius 2 is 1.90 bits per heavy atom. The van der Waals surface area contributed by atoms with Gasteiger partial charge in [-0.1, -0.05) is 11.6 Å². The predicted octanol–water partition coefficient (Wildman–Crippen LogP) is 4.24. The molecule has 0 atom stereocenters. The standard InChI is InChI=1S/C20H23ClFN7/c1-29(2)14-6-3-12(4-7-14)27-20-23-10-15-18(24-11-25-19(15)28-20)26-13-5-8-17(22)16(21)9-13/h5,8-12,14H,3-4,6-7H2,1-2H3,(H2,23,24,25,26,27,28). The second-order valence-corrected chi connectivity index (χ2v) is 7.93. The lowest BCUT2D eigenvalue weighted by Crippen LogP contribution is -2.36. The van der Waals surface area contributed by atoms with Gasteiger partial charge in [-0.25, -0.2) is 19.3 Å². The number of benzene rings is 1. The highest BCUT2D eigenvalue weighted by Gasteiger charge is 2.23. The summed E-state index contributed by atoms with van der Waals surface area (Å²) in [6.45, 7) is 0. The summed E-state index contributed by atoms with van der Waals surface area (Å²) in [6.07, 6.45) is 7.64. The smallest absolute Gasteiger partial charge is 0.224 e. The summed E-state index contributed by atoms with van der Waals surface area (Å²) in [5.41, 5.74) is 1.16. The number of rotatable bonds is 5. The quantitative estimate of drug-likeness (QED) is 0.645. The number of hydrogen-bond acceptors (Lipinski definition) is 7. The van der Waals surface area contributed by atoms with E-state index >= 15 is 0 Å². The molecule has 29 heavy (non-hydrogen) atoms. The van der Waals surface area contributed by atoms with E-state index in [0.717, 1.165) is 25.7 Å². The summed E-state index contributed by atoms with van der Waals surface area (Å²) in [5.74, 6) is 0.638. The molecule has 0 radical (unpaired) electrons. The van der Waals surface area contributed by atoms with Gasteiger partial charge in [0.15, 0.2) is 5.65 Å². The van der Waals surface area contributed by atoms with Gasteiger partial charge in [-0.05, 0) is 58.0 Å². The summed E-state index contributed by atoms with van der Waals surface area (Å²) in [5, 5.41) is 7.28. The van der Waals surface area contributed by atoms with Crippen molar-refractivity contribution in [3.05, 3.63) is 41.6 Å². The molecule has 0 saturated heterocycles. The molecule has 2 aromatic heterocycles. The van der Waals surface area contributed by atoms with Crippen LogP contribution in [0.25, 0.3) is 11.0 Å². The maximum absolute atomic E-state index is 13.4. The average Bonchev–Trinajstić information content (AvgIpc) is 2.71. The molecule has 9 heteroatoms. The van der Waals surface area contributed by atoms with E-state index in [1.54, 1.807) is 12.3 Å². The number of halogens is 2. The average molecular weight is 416 g/mol. The molecule has 0 spiro atoms. The van der Waals surface area contributed by atoms with Gasteiger partial charge < -0.3 is 15.5 Å². The van der Waals surface area contributed by atoms with Crippen LogP contribution in [0, 0.1) is 5.82 Å². The minimum atomic E-state index is -0.469. The highest BCUT2D eigenvalue weighted by Crippen LogP contribution is 2.27. The molecule has 1 saturated carbocycles. The van der Waals surface area contributed by atoms with Crippen LogP contribution in [0.1, 0.15) is 25.7 Å². The Hall–Kier alpha value is -2.58. The molecular weight excluding hydrogens is 393 g/mol. The van der Waals surface area contributed by atoms with Crippen LogP contribution in [-0.4, -0.2) is 51.0 Å². The van der Waals surface area contributed by atoms with Crippen molar-refractivity contribution in [2.75, 3.05) is 24.7 Å². The molecule has 0 bridgehead atoms. The molecule has 1 fully saturated rings. The molecule has 4 rings (SSSR count). The summed E-state index contributed by atoms with van der Waals surface area (Å²) in [4.78, 5) is 19.8. The molecule has 2 heterocycles. The Labute approximate surface area is 173 Å². The Bertz CT molecular complexity index is 1010. The highest BCUT2D eigenvalue weighted by molar-refractivity contribution is 6.31. The van der Waals surface area contributed by atoms with Crippen LogP contribution < -0.4 is 10.6 Å². The van der Waals surface area contributed by atoms with Crippen molar-refractivity contribution >= 4 is 40.1 Å². The lowest BCUT2D eigenvalue weighted by atomic mass is 9.91. The third kappa shape index (κ3) is 4.54. The predicted molar refractivity (Wildman–Crippen MR) is 113 cm³/mol. The normalized spacial score (nSPS) is 19.5. The zero-order chi connectivity index (χ0) is 20.4. The zero-order valence-corrected chi connectivity index (χ0v) is 17.1. The molecule has 2 N–H and O–H groups in total. The van der Waals surface area contributed by atoms with E-state index in [1.165, 1.54) is 18.5 Å². The molecule has 1 aliphatic rings. The number of aromatic nitrogens is 4. The van der Waals surface area contributed by atoms with Crippen LogP contribution in [0.5, 0.6) is 0 Å². The van der Waals surface area contributed by atoms with Crippen molar-refractivity contribution in [2.45, 2.75) is 37.8 Å². The molecule has 0 aliphatic heterocycles. The van der Waals surface area contributed by atoms with E-state index in [2.05, 4.69) is 49.6 Å². The minimum absolute atomic E-state index is 0.0417. The van der Waals surface area contributed by atoms with Crippen molar-refractivity contribution in [2.24, 2.45) is 0 Å². The van der Waals surface area contributed by atoms with Gasteiger partial charge in [-0.15, -0.1) is 0 Å². The van der Waals surface area contributed by atoms with Gasteiger partial charge in [-0.3, -0.25) is 0 Å². The second-order valence-electron chi connectivity index (χ2n) is 7.52. The number of nitrogens with one attached hydrogen (secondary N) is 2. The van der Waals surface area contributed by atoms with Gasteiger partial charge in [-0.2, -0.15) is 4.98 Å². The Kier molecular flexibility index (Phi) is 5.73. The first-order valence-corrected chi connectivity index (χ1v) is 10.00. The summed E-state index contributed by atoms with van der Waals surface area (Å²) in [6, 6.07) is 5.41. The van der Waals surface area contributed by atoms with E-state index in [1.807, 2.05) is 0 Å². The second kappa shape index (κ2) is 8.42. The highest BCUT2D eigenvalue weighted by atomic mass is 35.5. The van der Waals surface area contributed by atoms with Gasteiger partial charge in [0.1, 0.15) is 18.0 Å². The van der Waals surface area contributed by atoms with Crippen molar-refractivity contribution in [1.29, 1.82) is 0 Å². The minimum Gasteiger partial charge on any atom is -0.351 e. The van der Waals surface area contributed by atoms with Crippen molar-refractivity contribution in [3.63, 3.8) is 0 Å². The van der Waals surface area contributed by atoms with Gasteiger partial charge in [0.25, 0.3) is 0 Å². The fourth-order valence-electron chi connectivity index (χ4n) is 3.65. The van der Waals surface area contributed by atoms with Crippen LogP contribution in [0.4, 0.5) is 21.8 Å². The molecule has 7 nitrogen and oxygen atoms in total. The van der Waals surface area contributed by atoms with E-state index in [-0.39, 0.29) is 5.02 Å². The van der Waals surface area contributed by atoms with Crippen LogP contribution in [0.15, 0.2) is 30.7 Å². The largest absolute Gasteiger partial charge is 0.351 e. The van der Waals surface area contributed by atoms with Crippen LogP contribution in [0.3, 0.4) is 0 Å². The van der Waals surface area contributed by atoms with E-state index in [0.29, 0.717) is 40.6 Å². The lowest BCUT2D eigenvalue weighted by molar-refractivity contribution is 0.221. The summed E-state index contributed by atoms with van der Waals surface area (Å²) in [7, 11) is 4.27. The monoisotopic (exact) mass is 415 g/mol. The maximum atomic E-state index is 13.4. The van der Waals surface area contributed by atoms with Crippen molar-refractivity contribution < 1.29 is 4.39 Å². The van der Waals surface area contributed by atoms with Crippen molar-refractivity contribution in [1.82, 2.24) is 24.8 Å². The molecular formula is C20H23ClFN7. The van der Waals surface area contributed by atoms with E-state index in [9.17, 15) is 4.39 Å². The third-order valence-corrected chi connectivity index (χ3v) is 5.62. The zero-order valence-electron chi connectivity index (χ0n) is 16.4. The first kappa shape index (κ1) is 19.7. The molecule has 152 valence electrons. The SMILES string of the molecule is CN(C)C1CCC(Nc2ncc3c(Nc4ccc(F)c(Cl)c4)ncnc3n2)CC1. The lowest BCUT2D eigenvalue weighted by Gasteiger charge is -2.32. The van der Waals surface area contributed by atoms with Gasteiger partial charge in [0.2, 0.25) is 5.95 Å². The molecule has 3 aromatic rings. The number of hydrogen-bond donors (Lipinski definition) is 2. The number of nitrogens with zero attached hydrogens (tertiary/aromatic N) is 5. The van der Waals surface area contributed by atoms with Gasteiger partial charge in [0.05, 0.1) is 10.4 Å². The molecule has 1 aliphatic carbocycles. The first-order chi connectivity index (χ1) is 14.0. The van der Waals surface area contributed by atoms with Crippen LogP contribution >= 0.6 is 11.6 Å². The van der Waals surface area contributed by atoms with Crippen LogP contribution in [-0.2, 0) is 0 Å². The fraction of sp³-hybridized carbons (Fsp3) is 0.400. The maximum Gasteiger partial charge on any atom is 0.224 e. The fourth-order valence-corrected chi connectivity index (χ4v) is 3.83. The first-order valence-electron chi connectivity index (χ1n) is 9.62. The molecule has 1 aromatic carbocycles. The number of anilines is 3. The van der Waals surface area contributed by atoms with Gasteiger partial charge in [0, 0.05) is 24.0 Å². The van der Waals surface area contributed by atoms with Crippen LogP contribution in [0.2, 0.25) is 5.02 Å². The number of fused-ring (bicyclic) bond motifs is 1. The van der Waals surface area contributed by atoms with Crippen molar-refractivity contribution in [3.8, 4) is 0 Å². The van der Waals surface area contributed by atoms with E-state index in [4.69, 9.17) is 11.6 Å². The van der Waals surface area contributed by atoms with Gasteiger partial charge >= 0.3 is 0 Å². The Morgan fingerprint density at radius 1 is 1.10 bits per heavy atom.